The first kappa shape index (κ1) is 20.5. The molecule has 0 aliphatic carbocycles. The molecule has 0 saturated carbocycles. The number of carbonyl (C=O) groups excluding carboxylic acids is 2. The van der Waals surface area contributed by atoms with Crippen LogP contribution < -0.4 is 11.1 Å². The first-order chi connectivity index (χ1) is 11.1. The van der Waals surface area contributed by atoms with Gasteiger partial charge in [-0.05, 0) is 30.4 Å². The minimum atomic E-state index is -0.110. The molecule has 1 atom stereocenters. The highest BCUT2D eigenvalue weighted by atomic mass is 35.5. The monoisotopic (exact) mass is 353 g/mol. The van der Waals surface area contributed by atoms with Gasteiger partial charge in [-0.2, -0.15) is 0 Å². The third kappa shape index (κ3) is 5.80. The van der Waals surface area contributed by atoms with Crippen molar-refractivity contribution in [3.63, 3.8) is 0 Å². The Morgan fingerprint density at radius 1 is 1.25 bits per heavy atom. The predicted octanol–water partition coefficient (Wildman–Crippen LogP) is 1.53. The number of carbonyl (C=O) groups is 2. The van der Waals surface area contributed by atoms with E-state index in [4.69, 9.17) is 5.73 Å². The number of nitrogens with one attached hydrogen (secondary N) is 1. The zero-order chi connectivity index (χ0) is 16.7. The van der Waals surface area contributed by atoms with E-state index in [9.17, 15) is 9.59 Å². The summed E-state index contributed by atoms with van der Waals surface area (Å²) in [7, 11) is 0. The second-order valence-corrected chi connectivity index (χ2v) is 6.11. The first-order valence-electron chi connectivity index (χ1n) is 8.47. The van der Waals surface area contributed by atoms with Crippen LogP contribution in [0.3, 0.4) is 0 Å². The van der Waals surface area contributed by atoms with Crippen molar-refractivity contribution < 1.29 is 9.59 Å². The standard InChI is InChI=1S/C18H27N3O2.ClH/c1-2-14-5-7-15(8-6-14)12-17(22)21-11-3-4-16(13-21)18(23)20-10-9-19;/h5-8,16H,2-4,9-13,19H2,1H3,(H,20,23);1H. The maximum absolute atomic E-state index is 12.5. The number of hydrogen-bond acceptors (Lipinski definition) is 3. The molecule has 0 aromatic heterocycles. The Labute approximate surface area is 150 Å². The Morgan fingerprint density at radius 3 is 2.54 bits per heavy atom. The van der Waals surface area contributed by atoms with Crippen LogP contribution in [0.15, 0.2) is 24.3 Å². The Hall–Kier alpha value is -1.59. The van der Waals surface area contributed by atoms with Crippen molar-refractivity contribution in [1.29, 1.82) is 0 Å². The van der Waals surface area contributed by atoms with Crippen LogP contribution in [0.4, 0.5) is 0 Å². The summed E-state index contributed by atoms with van der Waals surface area (Å²) in [4.78, 5) is 26.4. The van der Waals surface area contributed by atoms with Crippen molar-refractivity contribution >= 4 is 24.2 Å². The van der Waals surface area contributed by atoms with Gasteiger partial charge in [0.15, 0.2) is 0 Å². The molecule has 0 spiro atoms. The smallest absolute Gasteiger partial charge is 0.227 e. The summed E-state index contributed by atoms with van der Waals surface area (Å²) in [5, 5.41) is 2.82. The molecule has 134 valence electrons. The van der Waals surface area contributed by atoms with E-state index in [2.05, 4.69) is 24.4 Å². The summed E-state index contributed by atoms with van der Waals surface area (Å²) in [5.74, 6) is 0.00698. The van der Waals surface area contributed by atoms with Crippen molar-refractivity contribution in [3.05, 3.63) is 35.4 Å². The Balaban J connectivity index is 0.00000288. The fourth-order valence-electron chi connectivity index (χ4n) is 2.94. The predicted molar refractivity (Wildman–Crippen MR) is 98.1 cm³/mol. The largest absolute Gasteiger partial charge is 0.355 e. The van der Waals surface area contributed by atoms with Gasteiger partial charge >= 0.3 is 0 Å². The van der Waals surface area contributed by atoms with E-state index >= 15 is 0 Å². The van der Waals surface area contributed by atoms with E-state index < -0.39 is 0 Å². The molecule has 6 heteroatoms. The summed E-state index contributed by atoms with van der Waals surface area (Å²) in [6.45, 7) is 4.31. The molecule has 0 bridgehead atoms. The molecule has 2 rings (SSSR count). The second-order valence-electron chi connectivity index (χ2n) is 6.11. The highest BCUT2D eigenvalue weighted by Gasteiger charge is 2.28. The van der Waals surface area contributed by atoms with Gasteiger partial charge < -0.3 is 16.0 Å². The van der Waals surface area contributed by atoms with Crippen LogP contribution in [0, 0.1) is 5.92 Å². The summed E-state index contributed by atoms with van der Waals surface area (Å²) in [6, 6.07) is 8.18. The lowest BCUT2D eigenvalue weighted by atomic mass is 9.96. The topological polar surface area (TPSA) is 75.4 Å². The number of hydrogen-bond donors (Lipinski definition) is 2. The van der Waals surface area contributed by atoms with Gasteiger partial charge in [-0.25, -0.2) is 0 Å². The van der Waals surface area contributed by atoms with Crippen molar-refractivity contribution in [2.75, 3.05) is 26.2 Å². The number of benzene rings is 1. The van der Waals surface area contributed by atoms with Gasteiger partial charge in [-0.1, -0.05) is 31.2 Å². The Morgan fingerprint density at radius 2 is 1.92 bits per heavy atom. The second kappa shape index (κ2) is 10.3. The first-order valence-corrected chi connectivity index (χ1v) is 8.47. The van der Waals surface area contributed by atoms with Crippen LogP contribution in [0.5, 0.6) is 0 Å². The van der Waals surface area contributed by atoms with Gasteiger partial charge in [-0.3, -0.25) is 9.59 Å². The fourth-order valence-corrected chi connectivity index (χ4v) is 2.94. The molecule has 1 fully saturated rings. The van der Waals surface area contributed by atoms with E-state index in [1.54, 1.807) is 0 Å². The SMILES string of the molecule is CCc1ccc(CC(=O)N2CCCC(C(=O)NCCN)C2)cc1.Cl. The van der Waals surface area contributed by atoms with Crippen LogP contribution >= 0.6 is 12.4 Å². The van der Waals surface area contributed by atoms with Gasteiger partial charge in [-0.15, -0.1) is 12.4 Å². The van der Waals surface area contributed by atoms with Gasteiger partial charge in [0.2, 0.25) is 11.8 Å². The summed E-state index contributed by atoms with van der Waals surface area (Å²) < 4.78 is 0. The molecule has 1 aliphatic rings. The molecule has 2 amide bonds. The third-order valence-electron chi connectivity index (χ3n) is 4.38. The van der Waals surface area contributed by atoms with E-state index in [1.165, 1.54) is 5.56 Å². The quantitative estimate of drug-likeness (QED) is 0.814. The fraction of sp³-hybridized carbons (Fsp3) is 0.556. The Kier molecular flexibility index (Phi) is 8.79. The normalized spacial score (nSPS) is 17.1. The highest BCUT2D eigenvalue weighted by Crippen LogP contribution is 2.18. The van der Waals surface area contributed by atoms with Crippen molar-refractivity contribution in [3.8, 4) is 0 Å². The lowest BCUT2D eigenvalue weighted by Gasteiger charge is -2.32. The maximum atomic E-state index is 12.5. The molecule has 1 heterocycles. The zero-order valence-electron chi connectivity index (χ0n) is 14.3. The van der Waals surface area contributed by atoms with E-state index in [0.717, 1.165) is 31.4 Å². The number of likely N-dealkylation sites (tertiary alicyclic amines) is 1. The molecule has 1 unspecified atom stereocenters. The number of amides is 2. The van der Waals surface area contributed by atoms with Gasteiger partial charge in [0.05, 0.1) is 12.3 Å². The molecular weight excluding hydrogens is 326 g/mol. The van der Waals surface area contributed by atoms with Gasteiger partial charge in [0, 0.05) is 26.2 Å². The van der Waals surface area contributed by atoms with Crippen LogP contribution in [-0.4, -0.2) is 42.9 Å². The molecule has 5 nitrogen and oxygen atoms in total. The van der Waals surface area contributed by atoms with Crippen LogP contribution in [-0.2, 0) is 22.4 Å². The molecule has 1 aromatic rings. The van der Waals surface area contributed by atoms with E-state index in [-0.39, 0.29) is 30.1 Å². The zero-order valence-corrected chi connectivity index (χ0v) is 15.1. The number of nitrogens with two attached hydrogens (primary N) is 1. The molecule has 3 N–H and O–H groups in total. The highest BCUT2D eigenvalue weighted by molar-refractivity contribution is 5.85. The van der Waals surface area contributed by atoms with Crippen molar-refractivity contribution in [2.24, 2.45) is 11.7 Å². The molecular formula is C18H28ClN3O2. The Bertz CT molecular complexity index is 534. The summed E-state index contributed by atoms with van der Waals surface area (Å²) in [5.41, 5.74) is 7.71. The molecule has 1 aromatic carbocycles. The number of nitrogens with zero attached hydrogens (tertiary/aromatic N) is 1. The maximum Gasteiger partial charge on any atom is 0.227 e. The average Bonchev–Trinajstić information content (AvgIpc) is 2.60. The minimum Gasteiger partial charge on any atom is -0.355 e. The lowest BCUT2D eigenvalue weighted by Crippen LogP contribution is -2.46. The number of aryl methyl sites for hydroxylation is 1. The minimum absolute atomic E-state index is 0. The summed E-state index contributed by atoms with van der Waals surface area (Å²) in [6.07, 6.45) is 3.12. The average molecular weight is 354 g/mol. The van der Waals surface area contributed by atoms with Crippen molar-refractivity contribution in [1.82, 2.24) is 10.2 Å². The van der Waals surface area contributed by atoms with Crippen LogP contribution in [0.1, 0.15) is 30.9 Å². The number of piperidine rings is 1. The van der Waals surface area contributed by atoms with Gasteiger partial charge in [0.25, 0.3) is 0 Å². The molecule has 0 radical (unpaired) electrons. The molecule has 24 heavy (non-hydrogen) atoms. The van der Waals surface area contributed by atoms with E-state index in [0.29, 0.717) is 26.1 Å². The molecule has 1 saturated heterocycles. The number of halogens is 1. The molecule has 1 aliphatic heterocycles. The summed E-state index contributed by atoms with van der Waals surface area (Å²) >= 11 is 0. The van der Waals surface area contributed by atoms with Crippen LogP contribution in [0.25, 0.3) is 0 Å². The van der Waals surface area contributed by atoms with E-state index in [1.807, 2.05) is 17.0 Å². The number of rotatable bonds is 6. The lowest BCUT2D eigenvalue weighted by molar-refractivity contribution is -0.135. The van der Waals surface area contributed by atoms with Gasteiger partial charge in [0.1, 0.15) is 0 Å². The third-order valence-corrected chi connectivity index (χ3v) is 4.38. The van der Waals surface area contributed by atoms with Crippen LogP contribution in [0.2, 0.25) is 0 Å². The van der Waals surface area contributed by atoms with Crippen molar-refractivity contribution in [2.45, 2.75) is 32.6 Å².